The van der Waals surface area contributed by atoms with Gasteiger partial charge in [-0.3, -0.25) is 0 Å². The Balaban J connectivity index is 1.67. The van der Waals surface area contributed by atoms with Gasteiger partial charge in [0.05, 0.1) is 23.8 Å². The number of ether oxygens (including phenoxy) is 3. The maximum absolute atomic E-state index is 13.0. The van der Waals surface area contributed by atoms with Gasteiger partial charge in [-0.15, -0.1) is 0 Å². The van der Waals surface area contributed by atoms with Crippen LogP contribution in [0.4, 0.5) is 5.95 Å². The van der Waals surface area contributed by atoms with E-state index in [1.807, 2.05) is 13.0 Å². The monoisotopic (exact) mass is 404 g/mol. The fourth-order valence-electron chi connectivity index (χ4n) is 3.54. The molecule has 2 aromatic rings. The Kier molecular flexibility index (Phi) is 5.23. The van der Waals surface area contributed by atoms with E-state index >= 15 is 0 Å². The number of esters is 1. The van der Waals surface area contributed by atoms with Crippen molar-refractivity contribution in [1.29, 1.82) is 0 Å². The lowest BCUT2D eigenvalue weighted by molar-refractivity contribution is -0.142. The number of fused-ring (bicyclic) bond motifs is 1. The van der Waals surface area contributed by atoms with Gasteiger partial charge in [-0.05, 0) is 37.5 Å². The van der Waals surface area contributed by atoms with Crippen molar-refractivity contribution in [2.24, 2.45) is 0 Å². The van der Waals surface area contributed by atoms with Crippen LogP contribution in [0.3, 0.4) is 0 Å². The number of rotatable bonds is 5. The number of anilines is 1. The molecule has 4 rings (SSSR count). The Labute approximate surface area is 167 Å². The van der Waals surface area contributed by atoms with E-state index in [1.165, 1.54) is 6.33 Å². The minimum Gasteiger partial charge on any atom is -0.495 e. The van der Waals surface area contributed by atoms with Crippen LogP contribution in [0.1, 0.15) is 31.4 Å². The highest BCUT2D eigenvalue weighted by atomic mass is 35.5. The van der Waals surface area contributed by atoms with Crippen LogP contribution in [0.5, 0.6) is 5.75 Å². The molecule has 28 heavy (non-hydrogen) atoms. The van der Waals surface area contributed by atoms with Gasteiger partial charge in [-0.1, -0.05) is 17.7 Å². The third kappa shape index (κ3) is 3.45. The van der Waals surface area contributed by atoms with Crippen LogP contribution in [0, 0.1) is 0 Å². The molecule has 9 heteroatoms. The number of carbonyl (C=O) groups excluding carboxylic acids is 1. The number of nitrogens with one attached hydrogen (secondary N) is 1. The number of aromatic nitrogens is 3. The summed E-state index contributed by atoms with van der Waals surface area (Å²) >= 11 is 6.33. The zero-order valence-corrected chi connectivity index (χ0v) is 16.4. The lowest BCUT2D eigenvalue weighted by Gasteiger charge is -2.28. The number of carbonyl (C=O) groups is 1. The van der Waals surface area contributed by atoms with Gasteiger partial charge in [0.15, 0.2) is 0 Å². The predicted molar refractivity (Wildman–Crippen MR) is 102 cm³/mol. The van der Waals surface area contributed by atoms with E-state index in [-0.39, 0.29) is 12.7 Å². The van der Waals surface area contributed by atoms with Crippen LogP contribution < -0.4 is 10.1 Å². The molecule has 0 aliphatic carbocycles. The van der Waals surface area contributed by atoms with Crippen molar-refractivity contribution < 1.29 is 19.0 Å². The molecule has 148 valence electrons. The van der Waals surface area contributed by atoms with Gasteiger partial charge in [0.25, 0.3) is 0 Å². The van der Waals surface area contributed by atoms with Gasteiger partial charge in [-0.25, -0.2) is 9.48 Å². The first-order valence-corrected chi connectivity index (χ1v) is 9.45. The van der Waals surface area contributed by atoms with E-state index in [0.29, 0.717) is 34.6 Å². The highest BCUT2D eigenvalue weighted by Crippen LogP contribution is 2.37. The summed E-state index contributed by atoms with van der Waals surface area (Å²) in [6.07, 6.45) is 3.28. The minimum absolute atomic E-state index is 0.0442. The number of nitrogens with zero attached hydrogens (tertiary/aromatic N) is 3. The Morgan fingerprint density at radius 2 is 2.32 bits per heavy atom. The lowest BCUT2D eigenvalue weighted by atomic mass is 9.95. The van der Waals surface area contributed by atoms with Crippen molar-refractivity contribution in [1.82, 2.24) is 14.8 Å². The second kappa shape index (κ2) is 7.81. The number of methoxy groups -OCH3 is 1. The van der Waals surface area contributed by atoms with Gasteiger partial charge in [-0.2, -0.15) is 10.1 Å². The molecule has 1 N–H and O–H groups in total. The second-order valence-corrected chi connectivity index (χ2v) is 7.13. The molecule has 1 saturated heterocycles. The van der Waals surface area contributed by atoms with Gasteiger partial charge >= 0.3 is 5.97 Å². The topological polar surface area (TPSA) is 87.5 Å². The standard InChI is InChI=1S/C19H21ClN4O4/c1-11-16(18(25)28-9-13-4-3-7-27-13)17(24-19(23-11)21-10-22-24)12-5-6-15(26-2)14(20)8-12/h5-6,8,10,13,17H,3-4,7,9H2,1-2H3,(H,21,22,23)/t13-,17-/m1/s1. The molecule has 2 aliphatic rings. The molecular weight excluding hydrogens is 384 g/mol. The molecule has 0 saturated carbocycles. The number of benzene rings is 1. The zero-order chi connectivity index (χ0) is 19.7. The Morgan fingerprint density at radius 3 is 3.04 bits per heavy atom. The van der Waals surface area contributed by atoms with Crippen molar-refractivity contribution in [2.75, 3.05) is 25.6 Å². The SMILES string of the molecule is COc1ccc([C@@H]2C(C(=O)OC[C@H]3CCCO3)=C(C)Nc3ncnn32)cc1Cl. The maximum atomic E-state index is 13.0. The molecule has 8 nitrogen and oxygen atoms in total. The van der Waals surface area contributed by atoms with Gasteiger partial charge in [0.1, 0.15) is 24.7 Å². The average molecular weight is 405 g/mol. The fourth-order valence-corrected chi connectivity index (χ4v) is 3.80. The Morgan fingerprint density at radius 1 is 1.46 bits per heavy atom. The lowest BCUT2D eigenvalue weighted by Crippen LogP contribution is -2.30. The summed E-state index contributed by atoms with van der Waals surface area (Å²) in [6, 6.07) is 4.87. The van der Waals surface area contributed by atoms with Crippen LogP contribution in [0.2, 0.25) is 5.02 Å². The number of halogens is 1. The summed E-state index contributed by atoms with van der Waals surface area (Å²) in [5.41, 5.74) is 1.90. The van der Waals surface area contributed by atoms with E-state index in [4.69, 9.17) is 25.8 Å². The molecule has 1 aromatic heterocycles. The summed E-state index contributed by atoms with van der Waals surface area (Å²) in [6.45, 7) is 2.76. The van der Waals surface area contributed by atoms with E-state index in [1.54, 1.807) is 23.9 Å². The maximum Gasteiger partial charge on any atom is 0.338 e. The van der Waals surface area contributed by atoms with Gasteiger partial charge in [0, 0.05) is 12.3 Å². The quantitative estimate of drug-likeness (QED) is 0.766. The van der Waals surface area contributed by atoms with E-state index < -0.39 is 12.0 Å². The fraction of sp³-hybridized carbons (Fsp3) is 0.421. The second-order valence-electron chi connectivity index (χ2n) is 6.72. The van der Waals surface area contributed by atoms with Crippen molar-refractivity contribution in [2.45, 2.75) is 31.9 Å². The summed E-state index contributed by atoms with van der Waals surface area (Å²) in [4.78, 5) is 17.2. The highest BCUT2D eigenvalue weighted by Gasteiger charge is 2.35. The van der Waals surface area contributed by atoms with Gasteiger partial charge < -0.3 is 19.5 Å². The molecule has 0 amide bonds. The molecule has 2 atom stereocenters. The first-order valence-electron chi connectivity index (χ1n) is 9.08. The van der Waals surface area contributed by atoms with E-state index in [2.05, 4.69) is 15.4 Å². The molecule has 3 heterocycles. The minimum atomic E-state index is -0.515. The molecule has 0 spiro atoms. The van der Waals surface area contributed by atoms with E-state index in [0.717, 1.165) is 18.4 Å². The largest absolute Gasteiger partial charge is 0.495 e. The molecule has 0 bridgehead atoms. The summed E-state index contributed by atoms with van der Waals surface area (Å²) in [5.74, 6) is 0.685. The predicted octanol–water partition coefficient (Wildman–Crippen LogP) is 2.95. The zero-order valence-electron chi connectivity index (χ0n) is 15.6. The molecule has 0 unspecified atom stereocenters. The first kappa shape index (κ1) is 18.8. The summed E-state index contributed by atoms with van der Waals surface area (Å²) in [5, 5.41) is 7.86. The first-order chi connectivity index (χ1) is 13.6. The third-order valence-electron chi connectivity index (χ3n) is 4.93. The number of allylic oxidation sites excluding steroid dienone is 1. The Hall–Kier alpha value is -2.58. The molecular formula is C19H21ClN4O4. The van der Waals surface area contributed by atoms with Crippen molar-refractivity contribution in [3.8, 4) is 5.75 Å². The van der Waals surface area contributed by atoms with Crippen LogP contribution >= 0.6 is 11.6 Å². The molecule has 1 fully saturated rings. The van der Waals surface area contributed by atoms with Crippen molar-refractivity contribution in [3.05, 3.63) is 46.4 Å². The smallest absolute Gasteiger partial charge is 0.338 e. The summed E-state index contributed by atoms with van der Waals surface area (Å²) in [7, 11) is 1.55. The van der Waals surface area contributed by atoms with Crippen LogP contribution in [-0.4, -0.2) is 47.2 Å². The van der Waals surface area contributed by atoms with Crippen molar-refractivity contribution >= 4 is 23.5 Å². The Bertz CT molecular complexity index is 920. The molecule has 1 aromatic carbocycles. The van der Waals surface area contributed by atoms with Crippen LogP contribution in [0.25, 0.3) is 0 Å². The van der Waals surface area contributed by atoms with E-state index in [9.17, 15) is 4.79 Å². The third-order valence-corrected chi connectivity index (χ3v) is 5.23. The molecule has 2 aliphatic heterocycles. The van der Waals surface area contributed by atoms with Crippen LogP contribution in [-0.2, 0) is 14.3 Å². The molecule has 0 radical (unpaired) electrons. The number of hydrogen-bond acceptors (Lipinski definition) is 7. The average Bonchev–Trinajstić information content (AvgIpc) is 3.36. The van der Waals surface area contributed by atoms with Crippen LogP contribution in [0.15, 0.2) is 35.8 Å². The van der Waals surface area contributed by atoms with Gasteiger partial charge in [0.2, 0.25) is 5.95 Å². The van der Waals surface area contributed by atoms with Crippen molar-refractivity contribution in [3.63, 3.8) is 0 Å². The normalized spacial score (nSPS) is 21.2. The highest BCUT2D eigenvalue weighted by molar-refractivity contribution is 6.32. The summed E-state index contributed by atoms with van der Waals surface area (Å²) < 4.78 is 18.0. The number of hydrogen-bond donors (Lipinski definition) is 1.